The van der Waals surface area contributed by atoms with Gasteiger partial charge in [-0.3, -0.25) is 4.79 Å². The molecule has 0 amide bonds. The average molecular weight is 319 g/mol. The minimum absolute atomic E-state index is 0.117. The van der Waals surface area contributed by atoms with Gasteiger partial charge in [0.05, 0.1) is 0 Å². The first-order valence-electron chi connectivity index (χ1n) is 7.48. The molecule has 2 aromatic carbocycles. The molecule has 0 aromatic heterocycles. The predicted octanol–water partition coefficient (Wildman–Crippen LogP) is 3.81. The quantitative estimate of drug-likeness (QED) is 0.851. The smallest absolute Gasteiger partial charge is 0.182 e. The molecule has 1 aliphatic rings. The van der Waals surface area contributed by atoms with Crippen molar-refractivity contribution >= 4 is 11.5 Å². The molecule has 0 atom stereocenters. The van der Waals surface area contributed by atoms with E-state index in [0.29, 0.717) is 29.4 Å². The lowest BCUT2D eigenvalue weighted by Gasteiger charge is -2.13. The van der Waals surface area contributed by atoms with Crippen LogP contribution in [0.3, 0.4) is 0 Å². The van der Waals surface area contributed by atoms with Crippen molar-refractivity contribution in [2.45, 2.75) is 6.61 Å². The molecule has 0 aliphatic heterocycles. The molecule has 2 aromatic rings. The Balaban J connectivity index is 1.67. The Morgan fingerprint density at radius 3 is 2.54 bits per heavy atom. The molecule has 0 heterocycles. The first-order chi connectivity index (χ1) is 11.6. The lowest BCUT2D eigenvalue weighted by atomic mass is 10.1. The number of carbonyl (C=O) groups is 1. The zero-order valence-electron chi connectivity index (χ0n) is 13.1. The van der Waals surface area contributed by atoms with Gasteiger partial charge < -0.3 is 15.2 Å². The fourth-order valence-electron chi connectivity index (χ4n) is 2.16. The van der Waals surface area contributed by atoms with Gasteiger partial charge in [-0.1, -0.05) is 24.8 Å². The van der Waals surface area contributed by atoms with Gasteiger partial charge in [0.15, 0.2) is 5.78 Å². The molecule has 0 spiro atoms. The van der Waals surface area contributed by atoms with E-state index in [4.69, 9.17) is 15.2 Å². The largest absolute Gasteiger partial charge is 0.489 e. The van der Waals surface area contributed by atoms with Gasteiger partial charge in [-0.25, -0.2) is 0 Å². The molecule has 0 fully saturated rings. The van der Waals surface area contributed by atoms with Crippen molar-refractivity contribution < 1.29 is 14.3 Å². The first kappa shape index (κ1) is 15.6. The molecule has 0 saturated heterocycles. The van der Waals surface area contributed by atoms with Crippen LogP contribution in [0, 0.1) is 0 Å². The highest BCUT2D eigenvalue weighted by Gasteiger charge is 2.11. The zero-order chi connectivity index (χ0) is 16.9. The average Bonchev–Trinajstić information content (AvgIpc) is 2.58. The summed E-state index contributed by atoms with van der Waals surface area (Å²) >= 11 is 0. The molecule has 0 radical (unpaired) electrons. The van der Waals surface area contributed by atoms with E-state index in [-0.39, 0.29) is 5.78 Å². The van der Waals surface area contributed by atoms with Gasteiger partial charge in [0.25, 0.3) is 0 Å². The second-order valence-electron chi connectivity index (χ2n) is 5.38. The number of rotatable bonds is 5. The summed E-state index contributed by atoms with van der Waals surface area (Å²) in [6.45, 7) is 4.29. The maximum absolute atomic E-state index is 11.4. The van der Waals surface area contributed by atoms with Crippen molar-refractivity contribution in [2.75, 3.05) is 5.73 Å². The first-order valence-corrected chi connectivity index (χ1v) is 7.48. The molecule has 1 aliphatic carbocycles. The number of allylic oxidation sites excluding steroid dienone is 3. The Labute approximate surface area is 140 Å². The number of nitrogen functional groups attached to an aromatic ring is 1. The Kier molecular flexibility index (Phi) is 4.47. The number of carbonyl (C=O) groups excluding carboxylic acids is 1. The van der Waals surface area contributed by atoms with Crippen molar-refractivity contribution in [3.05, 3.63) is 90.2 Å². The summed E-state index contributed by atoms with van der Waals surface area (Å²) in [5.41, 5.74) is 8.06. The number of hydrogen-bond donors (Lipinski definition) is 1. The second kappa shape index (κ2) is 6.87. The van der Waals surface area contributed by atoms with Crippen molar-refractivity contribution in [1.29, 1.82) is 0 Å². The van der Waals surface area contributed by atoms with E-state index in [1.165, 1.54) is 12.2 Å². The third kappa shape index (κ3) is 3.93. The molecule has 0 unspecified atom stereocenters. The summed E-state index contributed by atoms with van der Waals surface area (Å²) in [5, 5.41) is 0. The van der Waals surface area contributed by atoms with Crippen LogP contribution in [0.1, 0.15) is 5.56 Å². The SMILES string of the molecule is C=C1C=CC(=O)C=C1Oc1cccc(OCc2ccc(N)cc2)c1. The van der Waals surface area contributed by atoms with Crippen molar-refractivity contribution in [3.8, 4) is 11.5 Å². The molecule has 4 heteroatoms. The van der Waals surface area contributed by atoms with Gasteiger partial charge in [-0.15, -0.1) is 0 Å². The van der Waals surface area contributed by atoms with Crippen LogP contribution in [0.5, 0.6) is 11.5 Å². The molecule has 120 valence electrons. The predicted molar refractivity (Wildman–Crippen MR) is 93.6 cm³/mol. The van der Waals surface area contributed by atoms with E-state index < -0.39 is 0 Å². The fraction of sp³-hybridized carbons (Fsp3) is 0.0500. The van der Waals surface area contributed by atoms with Crippen LogP contribution in [-0.4, -0.2) is 5.78 Å². The van der Waals surface area contributed by atoms with Crippen LogP contribution in [0.2, 0.25) is 0 Å². The number of benzene rings is 2. The van der Waals surface area contributed by atoms with E-state index >= 15 is 0 Å². The number of ether oxygens (including phenoxy) is 2. The van der Waals surface area contributed by atoms with Crippen LogP contribution in [0.25, 0.3) is 0 Å². The highest BCUT2D eigenvalue weighted by Crippen LogP contribution is 2.25. The van der Waals surface area contributed by atoms with E-state index in [0.717, 1.165) is 11.3 Å². The van der Waals surface area contributed by atoms with Crippen LogP contribution < -0.4 is 15.2 Å². The number of nitrogens with two attached hydrogens (primary N) is 1. The third-order valence-electron chi connectivity index (χ3n) is 3.46. The number of anilines is 1. The minimum Gasteiger partial charge on any atom is -0.489 e. The van der Waals surface area contributed by atoms with E-state index in [1.54, 1.807) is 18.2 Å². The van der Waals surface area contributed by atoms with Crippen LogP contribution >= 0.6 is 0 Å². The molecule has 0 bridgehead atoms. The lowest BCUT2D eigenvalue weighted by Crippen LogP contribution is -2.05. The van der Waals surface area contributed by atoms with E-state index in [2.05, 4.69) is 6.58 Å². The topological polar surface area (TPSA) is 61.5 Å². The molecular weight excluding hydrogens is 302 g/mol. The highest BCUT2D eigenvalue weighted by molar-refractivity contribution is 6.02. The van der Waals surface area contributed by atoms with E-state index in [1.807, 2.05) is 36.4 Å². The standard InChI is InChI=1S/C20H17NO3/c1-14-5-10-17(22)11-20(14)24-19-4-2-3-18(12-19)23-13-15-6-8-16(21)9-7-15/h2-12H,1,13,21H2. The van der Waals surface area contributed by atoms with Crippen molar-refractivity contribution in [3.63, 3.8) is 0 Å². The zero-order valence-corrected chi connectivity index (χ0v) is 13.1. The molecule has 2 N–H and O–H groups in total. The van der Waals surface area contributed by atoms with Gasteiger partial charge in [0.2, 0.25) is 0 Å². The monoisotopic (exact) mass is 319 g/mol. The number of ketones is 1. The summed E-state index contributed by atoms with van der Waals surface area (Å²) in [4.78, 5) is 11.4. The number of hydrogen-bond acceptors (Lipinski definition) is 4. The molecule has 3 rings (SSSR count). The van der Waals surface area contributed by atoms with Gasteiger partial charge in [0.1, 0.15) is 23.9 Å². The third-order valence-corrected chi connectivity index (χ3v) is 3.46. The normalized spacial score (nSPS) is 13.6. The maximum Gasteiger partial charge on any atom is 0.182 e. The second-order valence-corrected chi connectivity index (χ2v) is 5.38. The molecule has 24 heavy (non-hydrogen) atoms. The van der Waals surface area contributed by atoms with Gasteiger partial charge >= 0.3 is 0 Å². The minimum atomic E-state index is -0.117. The Bertz CT molecular complexity index is 832. The highest BCUT2D eigenvalue weighted by atomic mass is 16.5. The van der Waals surface area contributed by atoms with Crippen LogP contribution in [0.15, 0.2) is 84.7 Å². The summed E-state index contributed by atoms with van der Waals surface area (Å²) in [7, 11) is 0. The van der Waals surface area contributed by atoms with Crippen LogP contribution in [-0.2, 0) is 11.4 Å². The summed E-state index contributed by atoms with van der Waals surface area (Å²) in [5.74, 6) is 1.58. The molecule has 4 nitrogen and oxygen atoms in total. The Hall–Kier alpha value is -3.27. The molecular formula is C20H17NO3. The maximum atomic E-state index is 11.4. The van der Waals surface area contributed by atoms with Gasteiger partial charge in [-0.2, -0.15) is 0 Å². The van der Waals surface area contributed by atoms with E-state index in [9.17, 15) is 4.79 Å². The Morgan fingerprint density at radius 2 is 1.75 bits per heavy atom. The Morgan fingerprint density at radius 1 is 1.00 bits per heavy atom. The van der Waals surface area contributed by atoms with Gasteiger partial charge in [-0.05, 0) is 42.0 Å². The van der Waals surface area contributed by atoms with Gasteiger partial charge in [0, 0.05) is 23.4 Å². The lowest BCUT2D eigenvalue weighted by molar-refractivity contribution is -0.110. The van der Waals surface area contributed by atoms with Crippen LogP contribution in [0.4, 0.5) is 5.69 Å². The fourth-order valence-corrected chi connectivity index (χ4v) is 2.16. The summed E-state index contributed by atoms with van der Waals surface area (Å²) < 4.78 is 11.5. The molecule has 0 saturated carbocycles. The van der Waals surface area contributed by atoms with Crippen molar-refractivity contribution in [1.82, 2.24) is 0 Å². The summed E-state index contributed by atoms with van der Waals surface area (Å²) in [6, 6.07) is 14.8. The van der Waals surface area contributed by atoms with Crippen molar-refractivity contribution in [2.24, 2.45) is 0 Å². The summed E-state index contributed by atoms with van der Waals surface area (Å²) in [6.07, 6.45) is 4.52.